The summed E-state index contributed by atoms with van der Waals surface area (Å²) >= 11 is 0. The number of carbonyl (C=O) groups excluding carboxylic acids is 4. The number of amides is 4. The van der Waals surface area contributed by atoms with Crippen molar-refractivity contribution in [3.8, 4) is 0 Å². The molecule has 1 unspecified atom stereocenters. The molecule has 4 amide bonds. The Balaban J connectivity index is 1.31. The molecule has 1 aromatic heterocycles. The zero-order chi connectivity index (χ0) is 28.8. The van der Waals surface area contributed by atoms with Crippen molar-refractivity contribution in [2.24, 2.45) is 4.99 Å². The summed E-state index contributed by atoms with van der Waals surface area (Å²) in [5, 5.41) is 6.89. The lowest BCUT2D eigenvalue weighted by molar-refractivity contribution is -0.140. The molecule has 41 heavy (non-hydrogen) atoms. The first-order chi connectivity index (χ1) is 19.9. The lowest BCUT2D eigenvalue weighted by Crippen LogP contribution is -2.45. The predicted molar refractivity (Wildman–Crippen MR) is 155 cm³/mol. The van der Waals surface area contributed by atoms with Gasteiger partial charge in [-0.15, -0.1) is 0 Å². The van der Waals surface area contributed by atoms with Gasteiger partial charge in [0.15, 0.2) is 0 Å². The molecule has 3 saturated heterocycles. The second kappa shape index (κ2) is 13.2. The van der Waals surface area contributed by atoms with E-state index in [-0.39, 0.29) is 49.0 Å². The molecular weight excluding hydrogens is 524 g/mol. The fourth-order valence-corrected chi connectivity index (χ4v) is 5.77. The molecule has 1 aromatic carbocycles. The number of hydrogen-bond acceptors (Lipinski definition) is 6. The Kier molecular flexibility index (Phi) is 9.21. The Labute approximate surface area is 240 Å². The van der Waals surface area contributed by atoms with Gasteiger partial charge in [0.2, 0.25) is 29.6 Å². The average Bonchev–Trinajstić information content (AvgIpc) is 3.72. The van der Waals surface area contributed by atoms with Gasteiger partial charge in [-0.3, -0.25) is 24.5 Å². The Bertz CT molecular complexity index is 1310. The van der Waals surface area contributed by atoms with Crippen LogP contribution in [-0.4, -0.2) is 89.6 Å². The van der Waals surface area contributed by atoms with Crippen LogP contribution in [0.2, 0.25) is 0 Å². The summed E-state index contributed by atoms with van der Waals surface area (Å²) < 4.78 is 5.67. The van der Waals surface area contributed by atoms with E-state index in [1.807, 2.05) is 36.1 Å². The van der Waals surface area contributed by atoms with Gasteiger partial charge >= 0.3 is 0 Å². The fourth-order valence-electron chi connectivity index (χ4n) is 5.77. The summed E-state index contributed by atoms with van der Waals surface area (Å²) in [5.74, 6) is 0.310. The van der Waals surface area contributed by atoms with Crippen molar-refractivity contribution in [1.82, 2.24) is 20.0 Å². The number of anilines is 1. The number of nitrogens with one attached hydrogen (secondary N) is 2. The molecule has 2 N–H and O–H groups in total. The van der Waals surface area contributed by atoms with Crippen LogP contribution in [0.25, 0.3) is 11.0 Å². The first-order valence-corrected chi connectivity index (χ1v) is 14.8. The van der Waals surface area contributed by atoms with E-state index in [4.69, 9.17) is 9.41 Å². The number of likely N-dealkylation sites (tertiary alicyclic amines) is 3. The van der Waals surface area contributed by atoms with E-state index in [1.54, 1.807) is 9.80 Å². The minimum atomic E-state index is -0.738. The normalized spacial score (nSPS) is 20.0. The summed E-state index contributed by atoms with van der Waals surface area (Å²) in [6.45, 7) is 5.40. The first-order valence-electron chi connectivity index (χ1n) is 14.8. The van der Waals surface area contributed by atoms with Crippen molar-refractivity contribution in [1.29, 1.82) is 0 Å². The van der Waals surface area contributed by atoms with Crippen molar-refractivity contribution in [2.45, 2.75) is 70.8 Å². The maximum absolute atomic E-state index is 13.6. The van der Waals surface area contributed by atoms with E-state index in [0.29, 0.717) is 18.7 Å². The Morgan fingerprint density at radius 3 is 2.32 bits per heavy atom. The summed E-state index contributed by atoms with van der Waals surface area (Å²) in [7, 11) is 0. The van der Waals surface area contributed by atoms with Crippen molar-refractivity contribution in [3.05, 3.63) is 30.0 Å². The summed E-state index contributed by atoms with van der Waals surface area (Å²) in [6.07, 6.45) is 6.20. The molecule has 0 bridgehead atoms. The monoisotopic (exact) mass is 564 g/mol. The van der Waals surface area contributed by atoms with Gasteiger partial charge in [-0.25, -0.2) is 4.99 Å². The number of nitrogens with zero attached hydrogens (tertiary/aromatic N) is 4. The molecule has 3 aliphatic heterocycles. The van der Waals surface area contributed by atoms with Gasteiger partial charge in [-0.1, -0.05) is 0 Å². The lowest BCUT2D eigenvalue weighted by atomic mass is 10.1. The molecule has 3 fully saturated rings. The fraction of sp³-hybridized carbons (Fsp3) is 0.567. The number of aryl methyl sites for hydroxylation is 1. The molecule has 4 heterocycles. The van der Waals surface area contributed by atoms with E-state index in [2.05, 4.69) is 10.6 Å². The minimum absolute atomic E-state index is 0.0189. The van der Waals surface area contributed by atoms with Crippen LogP contribution in [0.1, 0.15) is 63.5 Å². The third kappa shape index (κ3) is 7.45. The van der Waals surface area contributed by atoms with Gasteiger partial charge in [0.05, 0.1) is 6.54 Å². The summed E-state index contributed by atoms with van der Waals surface area (Å²) in [5.41, 5.74) is 1.42. The maximum Gasteiger partial charge on any atom is 0.247 e. The topological polar surface area (TPSA) is 128 Å². The SMILES string of the molecule is Cc1cc2cc(NC(=NC3CCCCN(CC(=O)N4CCCC4)C3=O)NC(=O)CCC(=O)N3CCCC3)ccc2o1. The third-order valence-electron chi connectivity index (χ3n) is 8.01. The van der Waals surface area contributed by atoms with Gasteiger partial charge in [-0.2, -0.15) is 0 Å². The van der Waals surface area contributed by atoms with Gasteiger partial charge in [0.25, 0.3) is 0 Å². The zero-order valence-electron chi connectivity index (χ0n) is 23.8. The molecule has 0 aliphatic carbocycles. The number of guanidine groups is 1. The number of rotatable bonds is 7. The molecule has 1 atom stereocenters. The average molecular weight is 565 g/mol. The van der Waals surface area contributed by atoms with Crippen molar-refractivity contribution in [2.75, 3.05) is 44.6 Å². The second-order valence-electron chi connectivity index (χ2n) is 11.2. The van der Waals surface area contributed by atoms with Gasteiger partial charge in [-0.05, 0) is 76.1 Å². The number of carbonyl (C=O) groups is 4. The zero-order valence-corrected chi connectivity index (χ0v) is 23.8. The van der Waals surface area contributed by atoms with Crippen LogP contribution in [0.15, 0.2) is 33.7 Å². The number of furan rings is 1. The number of hydrogen-bond donors (Lipinski definition) is 2. The Morgan fingerprint density at radius 2 is 1.59 bits per heavy atom. The van der Waals surface area contributed by atoms with E-state index in [1.165, 1.54) is 0 Å². The van der Waals surface area contributed by atoms with Crippen LogP contribution >= 0.6 is 0 Å². The summed E-state index contributed by atoms with van der Waals surface area (Å²) in [4.78, 5) is 61.7. The quantitative estimate of drug-likeness (QED) is 0.393. The van der Waals surface area contributed by atoms with Crippen molar-refractivity contribution in [3.63, 3.8) is 0 Å². The van der Waals surface area contributed by atoms with E-state index < -0.39 is 6.04 Å². The molecular formula is C30H40N6O5. The number of fused-ring (bicyclic) bond motifs is 1. The summed E-state index contributed by atoms with van der Waals surface area (Å²) in [6, 6.07) is 6.73. The lowest BCUT2D eigenvalue weighted by Gasteiger charge is -2.25. The maximum atomic E-state index is 13.6. The largest absolute Gasteiger partial charge is 0.461 e. The Hall–Kier alpha value is -3.89. The molecule has 5 rings (SSSR count). The molecule has 11 nitrogen and oxygen atoms in total. The predicted octanol–water partition coefficient (Wildman–Crippen LogP) is 3.03. The van der Waals surface area contributed by atoms with E-state index in [9.17, 15) is 19.2 Å². The van der Waals surface area contributed by atoms with Crippen molar-refractivity contribution < 1.29 is 23.6 Å². The Morgan fingerprint density at radius 1 is 0.902 bits per heavy atom. The van der Waals surface area contributed by atoms with Gasteiger partial charge in [0.1, 0.15) is 17.4 Å². The first kappa shape index (κ1) is 28.6. The van der Waals surface area contributed by atoms with Crippen LogP contribution < -0.4 is 10.6 Å². The molecule has 0 saturated carbocycles. The van der Waals surface area contributed by atoms with E-state index in [0.717, 1.165) is 81.4 Å². The highest BCUT2D eigenvalue weighted by molar-refractivity contribution is 6.06. The number of benzene rings is 1. The molecule has 3 aliphatic rings. The van der Waals surface area contributed by atoms with E-state index >= 15 is 0 Å². The van der Waals surface area contributed by atoms with Crippen molar-refractivity contribution >= 4 is 46.2 Å². The van der Waals surface area contributed by atoms with Crippen LogP contribution in [-0.2, 0) is 19.2 Å². The van der Waals surface area contributed by atoms with Gasteiger partial charge < -0.3 is 24.4 Å². The molecule has 0 spiro atoms. The van der Waals surface area contributed by atoms with Crippen LogP contribution in [0.4, 0.5) is 5.69 Å². The highest BCUT2D eigenvalue weighted by Gasteiger charge is 2.30. The number of aliphatic imine (C=N–C) groups is 1. The molecule has 220 valence electrons. The highest BCUT2D eigenvalue weighted by atomic mass is 16.3. The van der Waals surface area contributed by atoms with Crippen LogP contribution in [0, 0.1) is 6.92 Å². The van der Waals surface area contributed by atoms with Crippen LogP contribution in [0.3, 0.4) is 0 Å². The molecule has 0 radical (unpaired) electrons. The third-order valence-corrected chi connectivity index (χ3v) is 8.01. The highest BCUT2D eigenvalue weighted by Crippen LogP contribution is 2.23. The smallest absolute Gasteiger partial charge is 0.247 e. The standard InChI is InChI=1S/C30H40N6O5/c1-21-18-22-19-23(9-10-25(22)41-21)31-30(33-26(37)11-12-27(38)34-13-4-5-14-34)32-24-8-2-3-17-36(29(24)40)20-28(39)35-15-6-7-16-35/h9-10,18-19,24H,2-8,11-17,20H2,1H3,(H2,31,32,33,37). The molecule has 11 heteroatoms. The van der Waals surface area contributed by atoms with Gasteiger partial charge in [0, 0.05) is 56.6 Å². The van der Waals surface area contributed by atoms with Crippen LogP contribution in [0.5, 0.6) is 0 Å². The second-order valence-corrected chi connectivity index (χ2v) is 11.2. The minimum Gasteiger partial charge on any atom is -0.461 e. The molecule has 2 aromatic rings.